The highest BCUT2D eigenvalue weighted by Crippen LogP contribution is 2.21. The Balaban J connectivity index is 1.99. The standard InChI is InChI=1S/C16H11FN4O/c17-13-5-12(6-19-7-13)15-9-20-8-14(21-15)10-1-3-11(4-2-10)16(18)22/h1-9H,(H2,18,22). The molecule has 0 saturated carbocycles. The fourth-order valence-electron chi connectivity index (χ4n) is 2.00. The van der Waals surface area contributed by atoms with Crippen LogP contribution in [0, 0.1) is 5.82 Å². The van der Waals surface area contributed by atoms with E-state index in [1.54, 1.807) is 30.5 Å². The first kappa shape index (κ1) is 13.8. The van der Waals surface area contributed by atoms with E-state index in [1.807, 2.05) is 0 Å². The summed E-state index contributed by atoms with van der Waals surface area (Å²) in [6.45, 7) is 0. The zero-order valence-electron chi connectivity index (χ0n) is 11.4. The molecule has 2 N–H and O–H groups in total. The van der Waals surface area contributed by atoms with Crippen LogP contribution in [-0.4, -0.2) is 20.9 Å². The predicted octanol–water partition coefficient (Wildman–Crippen LogP) is 2.44. The Bertz CT molecular complexity index is 834. The molecule has 2 heterocycles. The molecule has 0 bridgehead atoms. The van der Waals surface area contributed by atoms with E-state index < -0.39 is 11.7 Å². The third kappa shape index (κ3) is 2.80. The zero-order chi connectivity index (χ0) is 15.5. The number of halogens is 1. The first-order chi connectivity index (χ1) is 10.6. The van der Waals surface area contributed by atoms with Crippen LogP contribution in [0.5, 0.6) is 0 Å². The van der Waals surface area contributed by atoms with Crippen molar-refractivity contribution in [1.29, 1.82) is 0 Å². The summed E-state index contributed by atoms with van der Waals surface area (Å²) in [5.41, 5.74) is 8.08. The maximum absolute atomic E-state index is 13.2. The van der Waals surface area contributed by atoms with Crippen molar-refractivity contribution in [2.75, 3.05) is 0 Å². The van der Waals surface area contributed by atoms with E-state index in [2.05, 4.69) is 15.0 Å². The molecule has 0 radical (unpaired) electrons. The van der Waals surface area contributed by atoms with Crippen molar-refractivity contribution in [3.8, 4) is 22.5 Å². The van der Waals surface area contributed by atoms with Crippen molar-refractivity contribution in [1.82, 2.24) is 15.0 Å². The lowest BCUT2D eigenvalue weighted by atomic mass is 10.1. The van der Waals surface area contributed by atoms with Crippen molar-refractivity contribution in [3.63, 3.8) is 0 Å². The summed E-state index contributed by atoms with van der Waals surface area (Å²) in [5.74, 6) is -0.923. The van der Waals surface area contributed by atoms with Crippen molar-refractivity contribution >= 4 is 5.91 Å². The van der Waals surface area contributed by atoms with Gasteiger partial charge in [-0.25, -0.2) is 9.37 Å². The number of benzene rings is 1. The van der Waals surface area contributed by atoms with Crippen LogP contribution in [-0.2, 0) is 0 Å². The molecule has 1 aromatic carbocycles. The third-order valence-electron chi connectivity index (χ3n) is 3.10. The molecule has 0 atom stereocenters. The lowest BCUT2D eigenvalue weighted by molar-refractivity contribution is 0.100. The van der Waals surface area contributed by atoms with Gasteiger partial charge in [-0.1, -0.05) is 12.1 Å². The Kier molecular flexibility index (Phi) is 3.57. The Morgan fingerprint density at radius 3 is 2.18 bits per heavy atom. The number of carbonyl (C=O) groups is 1. The maximum atomic E-state index is 13.2. The van der Waals surface area contributed by atoms with Gasteiger partial charge in [0.05, 0.1) is 30.0 Å². The second-order valence-corrected chi connectivity index (χ2v) is 4.62. The molecule has 6 heteroatoms. The topological polar surface area (TPSA) is 81.8 Å². The second-order valence-electron chi connectivity index (χ2n) is 4.62. The molecular weight excluding hydrogens is 283 g/mol. The summed E-state index contributed by atoms with van der Waals surface area (Å²) in [7, 11) is 0. The Labute approximate surface area is 125 Å². The highest BCUT2D eigenvalue weighted by atomic mass is 19.1. The van der Waals surface area contributed by atoms with Crippen molar-refractivity contribution < 1.29 is 9.18 Å². The molecule has 0 aliphatic rings. The maximum Gasteiger partial charge on any atom is 0.248 e. The molecule has 0 aliphatic heterocycles. The highest BCUT2D eigenvalue weighted by molar-refractivity contribution is 5.93. The van der Waals surface area contributed by atoms with Crippen molar-refractivity contribution in [2.45, 2.75) is 0 Å². The fourth-order valence-corrected chi connectivity index (χ4v) is 2.00. The number of hydrogen-bond donors (Lipinski definition) is 1. The van der Waals surface area contributed by atoms with Gasteiger partial charge in [0.15, 0.2) is 0 Å². The van der Waals surface area contributed by atoms with Gasteiger partial charge in [0.25, 0.3) is 0 Å². The smallest absolute Gasteiger partial charge is 0.248 e. The highest BCUT2D eigenvalue weighted by Gasteiger charge is 2.07. The molecule has 3 rings (SSSR count). The van der Waals surface area contributed by atoms with Crippen molar-refractivity contribution in [3.05, 3.63) is 66.5 Å². The van der Waals surface area contributed by atoms with Crippen LogP contribution in [0.15, 0.2) is 55.1 Å². The normalized spacial score (nSPS) is 10.4. The Morgan fingerprint density at radius 2 is 1.55 bits per heavy atom. The van der Waals surface area contributed by atoms with Gasteiger partial charge < -0.3 is 5.73 Å². The first-order valence-electron chi connectivity index (χ1n) is 6.47. The van der Waals surface area contributed by atoms with Gasteiger partial charge in [0.2, 0.25) is 5.91 Å². The lowest BCUT2D eigenvalue weighted by Crippen LogP contribution is -2.10. The number of amides is 1. The van der Waals surface area contributed by atoms with E-state index in [4.69, 9.17) is 5.73 Å². The van der Waals surface area contributed by atoms with E-state index in [-0.39, 0.29) is 0 Å². The zero-order valence-corrected chi connectivity index (χ0v) is 11.4. The van der Waals surface area contributed by atoms with Crippen LogP contribution < -0.4 is 5.73 Å². The first-order valence-corrected chi connectivity index (χ1v) is 6.47. The van der Waals surface area contributed by atoms with Gasteiger partial charge >= 0.3 is 0 Å². The summed E-state index contributed by atoms with van der Waals surface area (Å²) in [6, 6.07) is 8.05. The van der Waals surface area contributed by atoms with E-state index in [1.165, 1.54) is 18.5 Å². The molecular formula is C16H11FN4O. The molecule has 0 saturated heterocycles. The second kappa shape index (κ2) is 5.69. The number of nitrogens with zero attached hydrogens (tertiary/aromatic N) is 3. The average Bonchev–Trinajstić information content (AvgIpc) is 2.55. The summed E-state index contributed by atoms with van der Waals surface area (Å²) >= 11 is 0. The summed E-state index contributed by atoms with van der Waals surface area (Å²) in [5, 5.41) is 0. The van der Waals surface area contributed by atoms with Crippen LogP contribution in [0.4, 0.5) is 4.39 Å². The quantitative estimate of drug-likeness (QED) is 0.804. The monoisotopic (exact) mass is 294 g/mol. The van der Waals surface area contributed by atoms with Crippen LogP contribution in [0.1, 0.15) is 10.4 Å². The van der Waals surface area contributed by atoms with Crippen LogP contribution in [0.25, 0.3) is 22.5 Å². The number of rotatable bonds is 3. The van der Waals surface area contributed by atoms with Gasteiger partial charge in [-0.3, -0.25) is 14.8 Å². The molecule has 0 spiro atoms. The Morgan fingerprint density at radius 1 is 0.909 bits per heavy atom. The van der Waals surface area contributed by atoms with E-state index >= 15 is 0 Å². The molecule has 0 aliphatic carbocycles. The number of primary amides is 1. The number of nitrogens with two attached hydrogens (primary N) is 1. The number of pyridine rings is 1. The van der Waals surface area contributed by atoms with Crippen LogP contribution in [0.2, 0.25) is 0 Å². The molecule has 5 nitrogen and oxygen atoms in total. The third-order valence-corrected chi connectivity index (χ3v) is 3.10. The molecule has 2 aromatic heterocycles. The van der Waals surface area contributed by atoms with E-state index in [9.17, 15) is 9.18 Å². The fraction of sp³-hybridized carbons (Fsp3) is 0. The van der Waals surface area contributed by atoms with Gasteiger partial charge in [0, 0.05) is 22.9 Å². The SMILES string of the molecule is NC(=O)c1ccc(-c2cncc(-c3cncc(F)c3)n2)cc1. The minimum Gasteiger partial charge on any atom is -0.366 e. The van der Waals surface area contributed by atoms with Gasteiger partial charge in [-0.2, -0.15) is 0 Å². The summed E-state index contributed by atoms with van der Waals surface area (Å²) in [4.78, 5) is 23.4. The molecule has 3 aromatic rings. The number of carbonyl (C=O) groups excluding carboxylic acids is 1. The minimum atomic E-state index is -0.489. The van der Waals surface area contributed by atoms with Crippen LogP contribution in [0.3, 0.4) is 0 Å². The van der Waals surface area contributed by atoms with E-state index in [0.29, 0.717) is 22.5 Å². The molecule has 108 valence electrons. The summed E-state index contributed by atoms with van der Waals surface area (Å²) < 4.78 is 13.2. The van der Waals surface area contributed by atoms with Gasteiger partial charge in [-0.15, -0.1) is 0 Å². The molecule has 0 fully saturated rings. The van der Waals surface area contributed by atoms with Gasteiger partial charge in [0.1, 0.15) is 5.82 Å². The number of aromatic nitrogens is 3. The van der Waals surface area contributed by atoms with Crippen molar-refractivity contribution in [2.24, 2.45) is 5.73 Å². The predicted molar refractivity (Wildman–Crippen MR) is 79.2 cm³/mol. The molecule has 22 heavy (non-hydrogen) atoms. The van der Waals surface area contributed by atoms with E-state index in [0.717, 1.165) is 11.8 Å². The lowest BCUT2D eigenvalue weighted by Gasteiger charge is -2.05. The van der Waals surface area contributed by atoms with Gasteiger partial charge in [-0.05, 0) is 18.2 Å². The minimum absolute atomic E-state index is 0.419. The largest absolute Gasteiger partial charge is 0.366 e. The molecule has 1 amide bonds. The molecule has 0 unspecified atom stereocenters. The Hall–Kier alpha value is -3.15. The summed E-state index contributed by atoms with van der Waals surface area (Å²) in [6.07, 6.45) is 5.78. The van der Waals surface area contributed by atoms with Crippen LogP contribution >= 0.6 is 0 Å². The average molecular weight is 294 g/mol. The number of hydrogen-bond acceptors (Lipinski definition) is 4.